The van der Waals surface area contributed by atoms with Gasteiger partial charge in [0.15, 0.2) is 0 Å². The first-order valence-corrected chi connectivity index (χ1v) is 4.48. The molecular formula is C12H14O. The predicted octanol–water partition coefficient (Wildman–Crippen LogP) is 2.00. The first-order valence-electron chi connectivity index (χ1n) is 4.48. The number of aliphatic hydroxyl groups is 1. The summed E-state index contributed by atoms with van der Waals surface area (Å²) in [5.41, 5.74) is 1.16. The van der Waals surface area contributed by atoms with E-state index in [2.05, 4.69) is 5.92 Å². The minimum absolute atomic E-state index is 0.307. The Balaban J connectivity index is 2.37. The lowest BCUT2D eigenvalue weighted by molar-refractivity contribution is 0.167. The van der Waals surface area contributed by atoms with Crippen LogP contribution in [0.5, 0.6) is 0 Å². The van der Waals surface area contributed by atoms with Crippen LogP contribution in [0, 0.1) is 12.3 Å². The monoisotopic (exact) mass is 174 g/mol. The van der Waals surface area contributed by atoms with E-state index in [9.17, 15) is 5.11 Å². The van der Waals surface area contributed by atoms with Crippen LogP contribution in [-0.4, -0.2) is 11.2 Å². The van der Waals surface area contributed by atoms with E-state index in [4.69, 9.17) is 6.42 Å². The Bertz CT molecular complexity index is 271. The first-order chi connectivity index (χ1) is 6.33. The lowest BCUT2D eigenvalue weighted by Gasteiger charge is -2.07. The fraction of sp³-hybridized carbons (Fsp3) is 0.333. The molecule has 0 aliphatic carbocycles. The highest BCUT2D eigenvalue weighted by molar-refractivity contribution is 5.15. The van der Waals surface area contributed by atoms with Crippen LogP contribution < -0.4 is 0 Å². The Kier molecular flexibility index (Phi) is 4.08. The van der Waals surface area contributed by atoms with Crippen LogP contribution in [0.3, 0.4) is 0 Å². The van der Waals surface area contributed by atoms with Crippen molar-refractivity contribution in [1.29, 1.82) is 0 Å². The first kappa shape index (κ1) is 9.83. The molecule has 1 aromatic rings. The summed E-state index contributed by atoms with van der Waals surface area (Å²) in [4.78, 5) is 0. The fourth-order valence-electron chi connectivity index (χ4n) is 1.24. The zero-order valence-electron chi connectivity index (χ0n) is 7.61. The number of benzene rings is 1. The summed E-state index contributed by atoms with van der Waals surface area (Å²) in [7, 11) is 0. The van der Waals surface area contributed by atoms with Gasteiger partial charge in [-0.25, -0.2) is 0 Å². The zero-order chi connectivity index (χ0) is 9.52. The highest BCUT2D eigenvalue weighted by Gasteiger charge is 2.03. The number of aliphatic hydroxyl groups excluding tert-OH is 1. The van der Waals surface area contributed by atoms with Crippen molar-refractivity contribution in [3.8, 4) is 12.3 Å². The smallest absolute Gasteiger partial charge is 0.0589 e. The van der Waals surface area contributed by atoms with Gasteiger partial charge in [-0.05, 0) is 18.4 Å². The van der Waals surface area contributed by atoms with Gasteiger partial charge in [0.05, 0.1) is 6.10 Å². The average Bonchev–Trinajstić information content (AvgIpc) is 2.16. The minimum Gasteiger partial charge on any atom is -0.393 e. The molecule has 0 saturated carbocycles. The van der Waals surface area contributed by atoms with Crippen LogP contribution in [0.4, 0.5) is 0 Å². The Morgan fingerprint density at radius 2 is 2.00 bits per heavy atom. The van der Waals surface area contributed by atoms with E-state index in [1.54, 1.807) is 0 Å². The van der Waals surface area contributed by atoms with Crippen LogP contribution in [0.2, 0.25) is 0 Å². The van der Waals surface area contributed by atoms with Crippen molar-refractivity contribution in [2.45, 2.75) is 25.4 Å². The number of hydrogen-bond acceptors (Lipinski definition) is 1. The largest absolute Gasteiger partial charge is 0.393 e. The molecule has 1 rings (SSSR count). The Labute approximate surface area is 79.4 Å². The van der Waals surface area contributed by atoms with Crippen molar-refractivity contribution in [2.75, 3.05) is 0 Å². The Hall–Kier alpha value is -1.26. The maximum atomic E-state index is 9.54. The van der Waals surface area contributed by atoms with Crippen LogP contribution >= 0.6 is 0 Å². The van der Waals surface area contributed by atoms with Crippen molar-refractivity contribution >= 4 is 0 Å². The molecule has 1 nitrogen and oxygen atoms in total. The second-order valence-electron chi connectivity index (χ2n) is 3.09. The van der Waals surface area contributed by atoms with E-state index in [0.717, 1.165) is 5.56 Å². The Morgan fingerprint density at radius 1 is 1.31 bits per heavy atom. The summed E-state index contributed by atoms with van der Waals surface area (Å²) >= 11 is 0. The minimum atomic E-state index is -0.307. The molecule has 1 atom stereocenters. The van der Waals surface area contributed by atoms with Crippen LogP contribution in [0.25, 0.3) is 0 Å². The zero-order valence-corrected chi connectivity index (χ0v) is 7.61. The lowest BCUT2D eigenvalue weighted by atomic mass is 10.0. The summed E-state index contributed by atoms with van der Waals surface area (Å²) in [6.07, 6.45) is 6.83. The van der Waals surface area contributed by atoms with Crippen molar-refractivity contribution in [3.05, 3.63) is 35.9 Å². The normalized spacial score (nSPS) is 12.0. The standard InChI is InChI=1S/C12H14O/c1-2-3-9-12(13)10-11-7-5-4-6-8-11/h1,4-8,12-13H,3,9-10H2. The molecule has 1 aromatic carbocycles. The molecule has 0 aromatic heterocycles. The third-order valence-electron chi connectivity index (χ3n) is 1.94. The summed E-state index contributed by atoms with van der Waals surface area (Å²) in [6.45, 7) is 0. The van der Waals surface area contributed by atoms with Gasteiger partial charge in [-0.3, -0.25) is 0 Å². The molecule has 0 fully saturated rings. The van der Waals surface area contributed by atoms with E-state index < -0.39 is 0 Å². The van der Waals surface area contributed by atoms with Gasteiger partial charge in [0, 0.05) is 6.42 Å². The molecular weight excluding hydrogens is 160 g/mol. The van der Waals surface area contributed by atoms with Crippen molar-refractivity contribution in [3.63, 3.8) is 0 Å². The SMILES string of the molecule is C#CCCC(O)Cc1ccccc1. The fourth-order valence-corrected chi connectivity index (χ4v) is 1.24. The van der Waals surface area contributed by atoms with Gasteiger partial charge < -0.3 is 5.11 Å². The molecule has 1 unspecified atom stereocenters. The lowest BCUT2D eigenvalue weighted by Crippen LogP contribution is -2.09. The van der Waals surface area contributed by atoms with Gasteiger partial charge in [-0.1, -0.05) is 30.3 Å². The molecule has 0 radical (unpaired) electrons. The topological polar surface area (TPSA) is 20.2 Å². The summed E-state index contributed by atoms with van der Waals surface area (Å²) < 4.78 is 0. The van der Waals surface area contributed by atoms with Gasteiger partial charge in [0.2, 0.25) is 0 Å². The molecule has 1 N–H and O–H groups in total. The maximum Gasteiger partial charge on any atom is 0.0589 e. The van der Waals surface area contributed by atoms with E-state index in [1.807, 2.05) is 30.3 Å². The van der Waals surface area contributed by atoms with Crippen LogP contribution in [-0.2, 0) is 6.42 Å². The summed E-state index contributed by atoms with van der Waals surface area (Å²) in [6, 6.07) is 9.95. The summed E-state index contributed by atoms with van der Waals surface area (Å²) in [5, 5.41) is 9.54. The number of hydrogen-bond donors (Lipinski definition) is 1. The molecule has 68 valence electrons. The molecule has 0 aliphatic rings. The highest BCUT2D eigenvalue weighted by Crippen LogP contribution is 2.06. The Morgan fingerprint density at radius 3 is 2.62 bits per heavy atom. The van der Waals surface area contributed by atoms with Crippen molar-refractivity contribution < 1.29 is 5.11 Å². The third-order valence-corrected chi connectivity index (χ3v) is 1.94. The quantitative estimate of drug-likeness (QED) is 0.692. The van der Waals surface area contributed by atoms with Crippen LogP contribution in [0.1, 0.15) is 18.4 Å². The van der Waals surface area contributed by atoms with Crippen molar-refractivity contribution in [2.24, 2.45) is 0 Å². The molecule has 13 heavy (non-hydrogen) atoms. The van der Waals surface area contributed by atoms with E-state index in [0.29, 0.717) is 19.3 Å². The molecule has 1 heteroatoms. The summed E-state index contributed by atoms with van der Waals surface area (Å²) in [5.74, 6) is 2.52. The molecule has 0 aliphatic heterocycles. The van der Waals surface area contributed by atoms with Gasteiger partial charge in [0.1, 0.15) is 0 Å². The van der Waals surface area contributed by atoms with Gasteiger partial charge in [-0.2, -0.15) is 0 Å². The van der Waals surface area contributed by atoms with E-state index in [1.165, 1.54) is 0 Å². The number of terminal acetylenes is 1. The van der Waals surface area contributed by atoms with Gasteiger partial charge in [0.25, 0.3) is 0 Å². The molecule has 0 saturated heterocycles. The highest BCUT2D eigenvalue weighted by atomic mass is 16.3. The third kappa shape index (κ3) is 3.78. The van der Waals surface area contributed by atoms with Crippen LogP contribution in [0.15, 0.2) is 30.3 Å². The number of rotatable bonds is 4. The maximum absolute atomic E-state index is 9.54. The predicted molar refractivity (Wildman–Crippen MR) is 54.2 cm³/mol. The van der Waals surface area contributed by atoms with E-state index >= 15 is 0 Å². The molecule has 0 bridgehead atoms. The van der Waals surface area contributed by atoms with Gasteiger partial charge >= 0.3 is 0 Å². The van der Waals surface area contributed by atoms with E-state index in [-0.39, 0.29) is 6.10 Å². The second-order valence-corrected chi connectivity index (χ2v) is 3.09. The average molecular weight is 174 g/mol. The molecule has 0 heterocycles. The second kappa shape index (κ2) is 5.40. The van der Waals surface area contributed by atoms with Gasteiger partial charge in [-0.15, -0.1) is 12.3 Å². The molecule has 0 amide bonds. The van der Waals surface area contributed by atoms with Crippen molar-refractivity contribution in [1.82, 2.24) is 0 Å². The molecule has 0 spiro atoms.